The van der Waals surface area contributed by atoms with E-state index in [0.717, 1.165) is 19.5 Å². The molecule has 0 bridgehead atoms. The van der Waals surface area contributed by atoms with Gasteiger partial charge in [-0.05, 0) is 26.8 Å². The van der Waals surface area contributed by atoms with Crippen molar-refractivity contribution in [2.45, 2.75) is 26.3 Å². The summed E-state index contributed by atoms with van der Waals surface area (Å²) in [6.07, 6.45) is 1.14. The summed E-state index contributed by atoms with van der Waals surface area (Å²) < 4.78 is 0.602. The van der Waals surface area contributed by atoms with Gasteiger partial charge in [0.25, 0.3) is 0 Å². The van der Waals surface area contributed by atoms with E-state index in [0.29, 0.717) is 10.4 Å². The van der Waals surface area contributed by atoms with Gasteiger partial charge in [0, 0.05) is 38.8 Å². The minimum Gasteiger partial charge on any atom is -0.371 e. The Kier molecular flexibility index (Phi) is 6.65. The third-order valence-corrected chi connectivity index (χ3v) is 3.37. The summed E-state index contributed by atoms with van der Waals surface area (Å²) in [6, 6.07) is 0.686. The number of nitrogens with zero attached hydrogens (tertiary/aromatic N) is 2. The lowest BCUT2D eigenvalue weighted by atomic mass is 10.2. The molecule has 1 heterocycles. The first kappa shape index (κ1) is 14.2. The SMILES string of the molecule is CC(C)N1CCN(CCCNC(=S)S)CC1. The summed E-state index contributed by atoms with van der Waals surface area (Å²) in [7, 11) is 0. The van der Waals surface area contributed by atoms with Crippen LogP contribution in [0, 0.1) is 0 Å². The molecule has 0 aliphatic carbocycles. The average molecular weight is 261 g/mol. The fourth-order valence-corrected chi connectivity index (χ4v) is 2.22. The molecule has 0 saturated carbocycles. The maximum absolute atomic E-state index is 4.84. The molecule has 5 heteroatoms. The first-order valence-corrected chi connectivity index (χ1v) is 6.88. The molecule has 0 amide bonds. The van der Waals surface area contributed by atoms with Gasteiger partial charge in [-0.3, -0.25) is 4.90 Å². The van der Waals surface area contributed by atoms with Crippen LogP contribution in [0.1, 0.15) is 20.3 Å². The van der Waals surface area contributed by atoms with E-state index in [9.17, 15) is 0 Å². The van der Waals surface area contributed by atoms with Crippen LogP contribution >= 0.6 is 24.8 Å². The molecule has 0 aromatic heterocycles. The van der Waals surface area contributed by atoms with E-state index >= 15 is 0 Å². The molecule has 0 unspecified atom stereocenters. The number of rotatable bonds is 5. The topological polar surface area (TPSA) is 18.5 Å². The van der Waals surface area contributed by atoms with Gasteiger partial charge in [0.1, 0.15) is 4.32 Å². The van der Waals surface area contributed by atoms with Crippen LogP contribution in [0.3, 0.4) is 0 Å². The minimum absolute atomic E-state index is 0.602. The van der Waals surface area contributed by atoms with E-state index in [4.69, 9.17) is 12.2 Å². The standard InChI is InChI=1S/C11H23N3S2/c1-10(2)14-8-6-13(7-9-14)5-3-4-12-11(15)16/h10H,3-9H2,1-2H3,(H2,12,15,16). The minimum atomic E-state index is 0.602. The Morgan fingerprint density at radius 2 is 1.94 bits per heavy atom. The third kappa shape index (κ3) is 5.48. The zero-order valence-electron chi connectivity index (χ0n) is 10.3. The Morgan fingerprint density at radius 3 is 2.44 bits per heavy atom. The smallest absolute Gasteiger partial charge is 0.130 e. The lowest BCUT2D eigenvalue weighted by molar-refractivity contribution is 0.108. The van der Waals surface area contributed by atoms with Crippen LogP contribution < -0.4 is 5.32 Å². The van der Waals surface area contributed by atoms with Crippen molar-refractivity contribution in [3.8, 4) is 0 Å². The Labute approximate surface area is 110 Å². The van der Waals surface area contributed by atoms with Crippen molar-refractivity contribution in [1.82, 2.24) is 15.1 Å². The van der Waals surface area contributed by atoms with Gasteiger partial charge in [-0.1, -0.05) is 12.2 Å². The van der Waals surface area contributed by atoms with Crippen molar-refractivity contribution in [3.63, 3.8) is 0 Å². The molecular weight excluding hydrogens is 238 g/mol. The molecule has 0 radical (unpaired) electrons. The second-order valence-corrected chi connectivity index (χ2v) is 5.71. The number of piperazine rings is 1. The van der Waals surface area contributed by atoms with Gasteiger partial charge in [-0.15, -0.1) is 12.6 Å². The van der Waals surface area contributed by atoms with Gasteiger partial charge in [0.15, 0.2) is 0 Å². The predicted octanol–water partition coefficient (Wildman–Crippen LogP) is 1.21. The molecule has 16 heavy (non-hydrogen) atoms. The summed E-state index contributed by atoms with van der Waals surface area (Å²) >= 11 is 8.87. The quantitative estimate of drug-likeness (QED) is 0.440. The molecule has 1 rings (SSSR count). The molecule has 1 aliphatic heterocycles. The number of thiocarbonyl (C=S) groups is 1. The van der Waals surface area contributed by atoms with E-state index in [2.05, 4.69) is 41.6 Å². The number of nitrogens with one attached hydrogen (secondary N) is 1. The van der Waals surface area contributed by atoms with Crippen molar-refractivity contribution >= 4 is 29.2 Å². The summed E-state index contributed by atoms with van der Waals surface area (Å²) in [5.74, 6) is 0. The largest absolute Gasteiger partial charge is 0.371 e. The average Bonchev–Trinajstić information content (AvgIpc) is 2.25. The third-order valence-electron chi connectivity index (χ3n) is 3.06. The molecule has 3 nitrogen and oxygen atoms in total. The molecule has 1 N–H and O–H groups in total. The lowest BCUT2D eigenvalue weighted by Gasteiger charge is -2.36. The Morgan fingerprint density at radius 1 is 1.31 bits per heavy atom. The highest BCUT2D eigenvalue weighted by Crippen LogP contribution is 2.05. The van der Waals surface area contributed by atoms with Gasteiger partial charge in [-0.2, -0.15) is 0 Å². The second kappa shape index (κ2) is 7.48. The maximum atomic E-state index is 4.84. The van der Waals surface area contributed by atoms with E-state index in [1.807, 2.05) is 0 Å². The predicted molar refractivity (Wildman–Crippen MR) is 77.4 cm³/mol. The van der Waals surface area contributed by atoms with Gasteiger partial charge < -0.3 is 10.2 Å². The summed E-state index contributed by atoms with van der Waals surface area (Å²) in [4.78, 5) is 5.07. The monoisotopic (exact) mass is 261 g/mol. The number of thiol groups is 1. The van der Waals surface area contributed by atoms with Gasteiger partial charge in [0.2, 0.25) is 0 Å². The molecule has 0 aromatic carbocycles. The van der Waals surface area contributed by atoms with Crippen molar-refractivity contribution < 1.29 is 0 Å². The molecule has 94 valence electrons. The van der Waals surface area contributed by atoms with Crippen molar-refractivity contribution in [2.24, 2.45) is 0 Å². The normalized spacial score (nSPS) is 19.0. The van der Waals surface area contributed by atoms with Crippen LogP contribution in [0.5, 0.6) is 0 Å². The van der Waals surface area contributed by atoms with E-state index in [1.54, 1.807) is 0 Å². The van der Waals surface area contributed by atoms with Crippen LogP contribution in [0.25, 0.3) is 0 Å². The molecule has 0 aromatic rings. The first-order chi connectivity index (χ1) is 7.59. The van der Waals surface area contributed by atoms with Crippen LogP contribution in [0.15, 0.2) is 0 Å². The molecule has 0 atom stereocenters. The van der Waals surface area contributed by atoms with Crippen molar-refractivity contribution in [2.75, 3.05) is 39.3 Å². The molecule has 1 aliphatic rings. The van der Waals surface area contributed by atoms with Gasteiger partial charge >= 0.3 is 0 Å². The van der Waals surface area contributed by atoms with Crippen molar-refractivity contribution in [3.05, 3.63) is 0 Å². The summed E-state index contributed by atoms with van der Waals surface area (Å²) in [5.41, 5.74) is 0. The summed E-state index contributed by atoms with van der Waals surface area (Å²) in [5, 5.41) is 3.07. The molecule has 1 fully saturated rings. The number of hydrogen-bond donors (Lipinski definition) is 2. The van der Waals surface area contributed by atoms with E-state index < -0.39 is 0 Å². The zero-order chi connectivity index (χ0) is 12.0. The fourth-order valence-electron chi connectivity index (χ4n) is 2.00. The van der Waals surface area contributed by atoms with E-state index in [-0.39, 0.29) is 0 Å². The van der Waals surface area contributed by atoms with Crippen LogP contribution in [-0.2, 0) is 0 Å². The second-order valence-electron chi connectivity index (χ2n) is 4.56. The Balaban J connectivity index is 2.06. The summed E-state index contributed by atoms with van der Waals surface area (Å²) in [6.45, 7) is 11.4. The highest BCUT2D eigenvalue weighted by atomic mass is 32.1. The molecule has 1 saturated heterocycles. The maximum Gasteiger partial charge on any atom is 0.130 e. The highest BCUT2D eigenvalue weighted by molar-refractivity contribution is 8.11. The van der Waals surface area contributed by atoms with Crippen LogP contribution in [0.4, 0.5) is 0 Å². The van der Waals surface area contributed by atoms with Crippen LogP contribution in [0.2, 0.25) is 0 Å². The first-order valence-electron chi connectivity index (χ1n) is 6.03. The number of hydrogen-bond acceptors (Lipinski definition) is 3. The Hall–Kier alpha value is 0.160. The van der Waals surface area contributed by atoms with Gasteiger partial charge in [0.05, 0.1) is 0 Å². The molecular formula is C11H23N3S2. The lowest BCUT2D eigenvalue weighted by Crippen LogP contribution is -2.49. The van der Waals surface area contributed by atoms with Gasteiger partial charge in [-0.25, -0.2) is 0 Å². The Bertz CT molecular complexity index is 213. The van der Waals surface area contributed by atoms with Crippen molar-refractivity contribution in [1.29, 1.82) is 0 Å². The highest BCUT2D eigenvalue weighted by Gasteiger charge is 2.17. The van der Waals surface area contributed by atoms with Crippen LogP contribution in [-0.4, -0.2) is 59.4 Å². The fraction of sp³-hybridized carbons (Fsp3) is 0.909. The van der Waals surface area contributed by atoms with E-state index in [1.165, 1.54) is 26.2 Å². The zero-order valence-corrected chi connectivity index (χ0v) is 12.0. The molecule has 0 spiro atoms.